The summed E-state index contributed by atoms with van der Waals surface area (Å²) in [4.78, 5) is 0.336. The molecule has 1 fully saturated rings. The van der Waals surface area contributed by atoms with Gasteiger partial charge in [0.15, 0.2) is 0 Å². The van der Waals surface area contributed by atoms with Crippen molar-refractivity contribution < 1.29 is 8.42 Å². The SMILES string of the molecule is CSC1CCC(NS(=O)(=O)c2ccc(Br)cc2)CC1. The Morgan fingerprint density at radius 3 is 2.26 bits per heavy atom. The molecule has 0 heterocycles. The van der Waals surface area contributed by atoms with Gasteiger partial charge in [0.1, 0.15) is 0 Å². The molecule has 0 amide bonds. The number of rotatable bonds is 4. The van der Waals surface area contributed by atoms with E-state index in [9.17, 15) is 8.42 Å². The number of nitrogens with one attached hydrogen (secondary N) is 1. The van der Waals surface area contributed by atoms with Crippen LogP contribution in [-0.2, 0) is 10.0 Å². The van der Waals surface area contributed by atoms with Crippen LogP contribution in [0, 0.1) is 0 Å². The minimum atomic E-state index is -3.38. The van der Waals surface area contributed by atoms with Crippen LogP contribution >= 0.6 is 27.7 Å². The second-order valence-corrected chi connectivity index (χ2v) is 8.55. The molecule has 0 unspecified atom stereocenters. The lowest BCUT2D eigenvalue weighted by Crippen LogP contribution is -2.38. The standard InChI is InChI=1S/C13H18BrNO2S2/c1-18-12-6-4-11(5-7-12)15-19(16,17)13-8-2-10(14)3-9-13/h2-3,8-9,11-12,15H,4-7H2,1H3. The Balaban J connectivity index is 2.00. The first-order chi connectivity index (χ1) is 9.01. The van der Waals surface area contributed by atoms with E-state index in [1.54, 1.807) is 24.3 Å². The summed E-state index contributed by atoms with van der Waals surface area (Å²) in [5, 5.41) is 0.688. The summed E-state index contributed by atoms with van der Waals surface area (Å²) >= 11 is 5.19. The lowest BCUT2D eigenvalue weighted by atomic mass is 9.96. The fourth-order valence-electron chi connectivity index (χ4n) is 2.32. The van der Waals surface area contributed by atoms with E-state index in [-0.39, 0.29) is 6.04 Å². The molecule has 2 rings (SSSR count). The van der Waals surface area contributed by atoms with E-state index in [1.807, 2.05) is 11.8 Å². The van der Waals surface area contributed by atoms with Crippen LogP contribution in [-0.4, -0.2) is 26.0 Å². The van der Waals surface area contributed by atoms with Crippen molar-refractivity contribution in [2.24, 2.45) is 0 Å². The molecule has 3 nitrogen and oxygen atoms in total. The van der Waals surface area contributed by atoms with Gasteiger partial charge in [-0.2, -0.15) is 11.8 Å². The molecule has 0 radical (unpaired) electrons. The molecule has 0 aliphatic heterocycles. The van der Waals surface area contributed by atoms with Crippen LogP contribution in [0.4, 0.5) is 0 Å². The van der Waals surface area contributed by atoms with Gasteiger partial charge in [-0.05, 0) is 56.2 Å². The molecule has 0 saturated heterocycles. The predicted octanol–water partition coefficient (Wildman–Crippen LogP) is 3.40. The van der Waals surface area contributed by atoms with E-state index >= 15 is 0 Å². The van der Waals surface area contributed by atoms with E-state index in [1.165, 1.54) is 0 Å². The summed E-state index contributed by atoms with van der Waals surface area (Å²) in [5.74, 6) is 0. The molecule has 1 aliphatic rings. The van der Waals surface area contributed by atoms with Crippen molar-refractivity contribution in [3.05, 3.63) is 28.7 Å². The lowest BCUT2D eigenvalue weighted by Gasteiger charge is -2.27. The third-order valence-electron chi connectivity index (χ3n) is 3.45. The number of hydrogen-bond acceptors (Lipinski definition) is 3. The first kappa shape index (κ1) is 15.4. The average Bonchev–Trinajstić information content (AvgIpc) is 2.40. The fraction of sp³-hybridized carbons (Fsp3) is 0.538. The molecular formula is C13H18BrNO2S2. The number of sulfonamides is 1. The first-order valence-corrected chi connectivity index (χ1v) is 9.88. The van der Waals surface area contributed by atoms with E-state index in [2.05, 4.69) is 26.9 Å². The van der Waals surface area contributed by atoms with Gasteiger partial charge in [0.25, 0.3) is 0 Å². The van der Waals surface area contributed by atoms with Crippen LogP contribution in [0.15, 0.2) is 33.6 Å². The zero-order valence-corrected chi connectivity index (χ0v) is 14.0. The number of halogens is 1. The van der Waals surface area contributed by atoms with Crippen molar-refractivity contribution in [1.82, 2.24) is 4.72 Å². The van der Waals surface area contributed by atoms with Crippen LogP contribution in [0.1, 0.15) is 25.7 Å². The zero-order chi connectivity index (χ0) is 13.9. The second-order valence-electron chi connectivity index (χ2n) is 4.78. The van der Waals surface area contributed by atoms with Crippen LogP contribution in [0.2, 0.25) is 0 Å². The van der Waals surface area contributed by atoms with E-state index < -0.39 is 10.0 Å². The van der Waals surface area contributed by atoms with Gasteiger partial charge >= 0.3 is 0 Å². The van der Waals surface area contributed by atoms with Crippen molar-refractivity contribution >= 4 is 37.7 Å². The third kappa shape index (κ3) is 4.21. The van der Waals surface area contributed by atoms with Gasteiger partial charge in [-0.15, -0.1) is 0 Å². The Labute approximate surface area is 127 Å². The summed E-state index contributed by atoms with van der Waals surface area (Å²) in [5.41, 5.74) is 0. The minimum absolute atomic E-state index is 0.0806. The van der Waals surface area contributed by atoms with E-state index in [0.717, 1.165) is 30.2 Å². The van der Waals surface area contributed by atoms with Gasteiger partial charge in [-0.3, -0.25) is 0 Å². The highest BCUT2D eigenvalue weighted by molar-refractivity contribution is 9.10. The van der Waals surface area contributed by atoms with E-state index in [0.29, 0.717) is 10.1 Å². The molecular weight excluding hydrogens is 346 g/mol. The molecule has 19 heavy (non-hydrogen) atoms. The second kappa shape index (κ2) is 6.61. The van der Waals surface area contributed by atoms with Crippen LogP contribution in [0.3, 0.4) is 0 Å². The molecule has 6 heteroatoms. The van der Waals surface area contributed by atoms with Crippen molar-refractivity contribution in [3.8, 4) is 0 Å². The molecule has 1 saturated carbocycles. The average molecular weight is 364 g/mol. The summed E-state index contributed by atoms with van der Waals surface area (Å²) < 4.78 is 28.2. The minimum Gasteiger partial charge on any atom is -0.208 e. The Kier molecular flexibility index (Phi) is 5.34. The molecule has 1 N–H and O–H groups in total. The van der Waals surface area contributed by atoms with Crippen LogP contribution in [0.5, 0.6) is 0 Å². The Hall–Kier alpha value is -0.0400. The number of thioether (sulfide) groups is 1. The molecule has 0 spiro atoms. The summed E-state index contributed by atoms with van der Waals surface area (Å²) in [7, 11) is -3.38. The summed E-state index contributed by atoms with van der Waals surface area (Å²) in [6.07, 6.45) is 6.17. The summed E-state index contributed by atoms with van der Waals surface area (Å²) in [6, 6.07) is 6.83. The van der Waals surface area contributed by atoms with Gasteiger partial charge in [0.2, 0.25) is 10.0 Å². The Morgan fingerprint density at radius 1 is 1.16 bits per heavy atom. The predicted molar refractivity (Wildman–Crippen MR) is 84.0 cm³/mol. The highest BCUT2D eigenvalue weighted by Crippen LogP contribution is 2.27. The third-order valence-corrected chi connectivity index (χ3v) is 6.66. The maximum Gasteiger partial charge on any atom is 0.240 e. The molecule has 1 aliphatic carbocycles. The van der Waals surface area contributed by atoms with Gasteiger partial charge < -0.3 is 0 Å². The highest BCUT2D eigenvalue weighted by atomic mass is 79.9. The van der Waals surface area contributed by atoms with Crippen LogP contribution in [0.25, 0.3) is 0 Å². The Bertz CT molecular complexity index is 508. The van der Waals surface area contributed by atoms with Crippen molar-refractivity contribution in [2.75, 3.05) is 6.26 Å². The molecule has 106 valence electrons. The maximum atomic E-state index is 12.2. The van der Waals surface area contributed by atoms with Gasteiger partial charge in [-0.25, -0.2) is 13.1 Å². The molecule has 0 atom stereocenters. The lowest BCUT2D eigenvalue weighted by molar-refractivity contribution is 0.420. The van der Waals surface area contributed by atoms with Crippen molar-refractivity contribution in [3.63, 3.8) is 0 Å². The normalized spacial score (nSPS) is 24.3. The largest absolute Gasteiger partial charge is 0.240 e. The molecule has 0 bridgehead atoms. The van der Waals surface area contributed by atoms with Gasteiger partial charge in [0, 0.05) is 15.8 Å². The number of benzene rings is 1. The first-order valence-electron chi connectivity index (χ1n) is 6.32. The monoisotopic (exact) mass is 363 g/mol. The van der Waals surface area contributed by atoms with Gasteiger partial charge in [0.05, 0.1) is 4.90 Å². The molecule has 1 aromatic carbocycles. The maximum absolute atomic E-state index is 12.2. The van der Waals surface area contributed by atoms with Gasteiger partial charge in [-0.1, -0.05) is 15.9 Å². The topological polar surface area (TPSA) is 46.2 Å². The van der Waals surface area contributed by atoms with Crippen molar-refractivity contribution in [1.29, 1.82) is 0 Å². The van der Waals surface area contributed by atoms with E-state index in [4.69, 9.17) is 0 Å². The quantitative estimate of drug-likeness (QED) is 0.891. The van der Waals surface area contributed by atoms with Crippen LogP contribution < -0.4 is 4.72 Å². The Morgan fingerprint density at radius 2 is 1.74 bits per heavy atom. The smallest absolute Gasteiger partial charge is 0.208 e. The number of hydrogen-bond donors (Lipinski definition) is 1. The van der Waals surface area contributed by atoms with Crippen molar-refractivity contribution in [2.45, 2.75) is 41.9 Å². The zero-order valence-electron chi connectivity index (χ0n) is 10.8. The molecule has 0 aromatic heterocycles. The summed E-state index contributed by atoms with van der Waals surface area (Å²) in [6.45, 7) is 0. The fourth-order valence-corrected chi connectivity index (χ4v) is 4.63. The highest BCUT2D eigenvalue weighted by Gasteiger charge is 2.25. The molecule has 1 aromatic rings.